The summed E-state index contributed by atoms with van der Waals surface area (Å²) in [5, 5.41) is 0. The first-order valence-electron chi connectivity index (χ1n) is 7.25. The fourth-order valence-corrected chi connectivity index (χ4v) is 2.36. The fourth-order valence-electron chi connectivity index (χ4n) is 2.36. The van der Waals surface area contributed by atoms with Crippen LogP contribution in [-0.4, -0.2) is 39.3 Å². The van der Waals surface area contributed by atoms with E-state index in [4.69, 9.17) is 4.84 Å². The van der Waals surface area contributed by atoms with Gasteiger partial charge in [-0.3, -0.25) is 0 Å². The molecule has 0 spiro atoms. The van der Waals surface area contributed by atoms with E-state index in [0.717, 1.165) is 11.3 Å². The number of rotatable bonds is 11. The molecule has 17 heavy (non-hydrogen) atoms. The van der Waals surface area contributed by atoms with Crippen molar-refractivity contribution in [2.45, 2.75) is 66.2 Å². The molecule has 0 heterocycles. The zero-order valence-electron chi connectivity index (χ0n) is 11.9. The van der Waals surface area contributed by atoms with E-state index in [9.17, 15) is 0 Å². The van der Waals surface area contributed by atoms with E-state index in [0.29, 0.717) is 0 Å². The number of quaternary nitrogens is 1. The third-order valence-corrected chi connectivity index (χ3v) is 3.01. The van der Waals surface area contributed by atoms with Gasteiger partial charge < -0.3 is 0 Å². The lowest BCUT2D eigenvalue weighted by Crippen LogP contribution is -2.49. The highest BCUT2D eigenvalue weighted by Gasteiger charge is 2.26. The van der Waals surface area contributed by atoms with Gasteiger partial charge in [-0.1, -0.05) is 48.9 Å². The van der Waals surface area contributed by atoms with Crippen molar-refractivity contribution < 1.29 is 9.48 Å². The van der Waals surface area contributed by atoms with Crippen LogP contribution in [0.1, 0.15) is 66.2 Å². The molecule has 0 aromatic heterocycles. The minimum atomic E-state index is 0. The summed E-state index contributed by atoms with van der Waals surface area (Å²) in [4.78, 5) is 6.19. The predicted molar refractivity (Wildman–Crippen MR) is 82.5 cm³/mol. The second-order valence-electron chi connectivity index (χ2n) is 4.77. The Morgan fingerprint density at radius 3 is 1.53 bits per heavy atom. The number of unbranched alkanes of at least 4 members (excludes halogenated alkanes) is 2. The Labute approximate surface area is 111 Å². The van der Waals surface area contributed by atoms with E-state index in [1.54, 1.807) is 0 Å². The molecule has 0 saturated carbocycles. The fraction of sp³-hybridized carbons (Fsp3) is 1.00. The van der Waals surface area contributed by atoms with Crippen LogP contribution in [0.15, 0.2) is 0 Å². The van der Waals surface area contributed by atoms with Crippen LogP contribution in [0.5, 0.6) is 0 Å². The Morgan fingerprint density at radius 1 is 0.706 bits per heavy atom. The first-order chi connectivity index (χ1) is 7.74. The summed E-state index contributed by atoms with van der Waals surface area (Å²) < 4.78 is 0.896. The Bertz CT molecular complexity index is 136. The van der Waals surface area contributed by atoms with E-state index < -0.39 is 0 Å². The molecule has 0 aliphatic carbocycles. The van der Waals surface area contributed by atoms with Gasteiger partial charge in [0.15, 0.2) is 0 Å². The van der Waals surface area contributed by atoms with E-state index >= 15 is 0 Å². The van der Waals surface area contributed by atoms with Crippen LogP contribution in [0.3, 0.4) is 0 Å². The Balaban J connectivity index is 0. The van der Waals surface area contributed by atoms with Gasteiger partial charge in [0.25, 0.3) is 0 Å². The molecule has 0 unspecified atom stereocenters. The maximum atomic E-state index is 6.19. The van der Waals surface area contributed by atoms with E-state index in [1.807, 2.05) is 0 Å². The molecule has 0 aromatic rings. The maximum Gasteiger partial charge on any atom is 0.109 e. The van der Waals surface area contributed by atoms with Crippen molar-refractivity contribution in [3.05, 3.63) is 0 Å². The van der Waals surface area contributed by atoms with Crippen LogP contribution in [-0.2, 0) is 4.84 Å². The van der Waals surface area contributed by atoms with Crippen molar-refractivity contribution in [1.82, 2.24) is 0 Å². The van der Waals surface area contributed by atoms with Gasteiger partial charge in [0.2, 0.25) is 0 Å². The molecule has 0 aromatic carbocycles. The number of hydrogen-bond donors (Lipinski definition) is 0. The molecule has 0 fully saturated rings. The number of nitrogens with zero attached hydrogens (tertiary/aromatic N) is 1. The molecule has 0 aliphatic heterocycles. The van der Waals surface area contributed by atoms with Gasteiger partial charge in [0.1, 0.15) is 26.2 Å². The zero-order valence-corrected chi connectivity index (χ0v) is 11.9. The van der Waals surface area contributed by atoms with Crippen LogP contribution in [0.2, 0.25) is 0 Å². The van der Waals surface area contributed by atoms with Crippen molar-refractivity contribution in [2.75, 3.05) is 26.2 Å². The summed E-state index contributed by atoms with van der Waals surface area (Å²) in [6, 6.07) is 0. The molecule has 0 saturated heterocycles. The molecule has 0 rings (SSSR count). The molecule has 0 atom stereocenters. The monoisotopic (exact) mass is 245 g/mol. The quantitative estimate of drug-likeness (QED) is 0.235. The molecule has 0 bridgehead atoms. The lowest BCUT2D eigenvalue weighted by Gasteiger charge is -2.35. The summed E-state index contributed by atoms with van der Waals surface area (Å²) in [5.41, 5.74) is 0. The van der Waals surface area contributed by atoms with Crippen LogP contribution in [0.4, 0.5) is 0 Å². The highest BCUT2D eigenvalue weighted by molar-refractivity contribution is 5.75. The normalized spacial score (nSPS) is 11.3. The third-order valence-electron chi connectivity index (χ3n) is 3.01. The number of hydroxylamine groups is 3. The summed E-state index contributed by atoms with van der Waals surface area (Å²) in [6.45, 7) is 13.5. The summed E-state index contributed by atoms with van der Waals surface area (Å²) >= 11 is 0. The van der Waals surface area contributed by atoms with Crippen molar-refractivity contribution in [1.29, 1.82) is 0 Å². The second-order valence-corrected chi connectivity index (χ2v) is 4.77. The Hall–Kier alpha value is -0.0151. The van der Waals surface area contributed by atoms with Gasteiger partial charge in [-0.05, 0) is 25.7 Å². The molecular weight excluding hydrogens is 209 g/mol. The van der Waals surface area contributed by atoms with Crippen LogP contribution in [0.25, 0.3) is 0 Å². The standard InChI is InChI=1S/C14H32NO.BH4/c1-5-9-10-14-16-15(11-6-2,12-7-3)13-8-4;/h5-14H2,1-4H3;1H4/q+1;-1. The smallest absolute Gasteiger partial charge is 0.109 e. The van der Waals surface area contributed by atoms with Gasteiger partial charge in [-0.2, -0.15) is 4.65 Å². The SMILES string of the molecule is CCCCCO[N+](CCC)(CCC)CCC.[BH4-]. The summed E-state index contributed by atoms with van der Waals surface area (Å²) in [7, 11) is 0. The van der Waals surface area contributed by atoms with Crippen molar-refractivity contribution in [2.24, 2.45) is 0 Å². The van der Waals surface area contributed by atoms with Gasteiger partial charge in [-0.25, -0.2) is 4.84 Å². The first-order valence-corrected chi connectivity index (χ1v) is 7.25. The second kappa shape index (κ2) is 12.4. The Kier molecular flexibility index (Phi) is 14.1. The Morgan fingerprint density at radius 2 is 1.18 bits per heavy atom. The molecule has 3 heteroatoms. The molecule has 106 valence electrons. The van der Waals surface area contributed by atoms with Gasteiger partial charge in [0, 0.05) is 0 Å². The van der Waals surface area contributed by atoms with Crippen molar-refractivity contribution in [3.63, 3.8) is 0 Å². The van der Waals surface area contributed by atoms with Crippen LogP contribution >= 0.6 is 0 Å². The molecule has 0 N–H and O–H groups in total. The van der Waals surface area contributed by atoms with Crippen molar-refractivity contribution >= 4 is 8.41 Å². The molecular formula is C14H36BNO. The highest BCUT2D eigenvalue weighted by atomic mass is 16.7. The average Bonchev–Trinajstić information content (AvgIpc) is 2.26. The van der Waals surface area contributed by atoms with E-state index in [2.05, 4.69) is 27.7 Å². The summed E-state index contributed by atoms with van der Waals surface area (Å²) in [6.07, 6.45) is 7.44. The lowest BCUT2D eigenvalue weighted by molar-refractivity contribution is -1.11. The van der Waals surface area contributed by atoms with Gasteiger partial charge in [0.05, 0.1) is 0 Å². The molecule has 0 amide bonds. The summed E-state index contributed by atoms with van der Waals surface area (Å²) in [5.74, 6) is 0. The molecule has 0 radical (unpaired) electrons. The van der Waals surface area contributed by atoms with E-state index in [-0.39, 0.29) is 8.41 Å². The van der Waals surface area contributed by atoms with Gasteiger partial charge in [-0.15, -0.1) is 0 Å². The largest absolute Gasteiger partial charge is 0.203 e. The predicted octanol–water partition coefficient (Wildman–Crippen LogP) is 2.70. The lowest BCUT2D eigenvalue weighted by atomic mass is 10.3. The maximum absolute atomic E-state index is 6.19. The molecule has 2 nitrogen and oxygen atoms in total. The third kappa shape index (κ3) is 8.67. The topological polar surface area (TPSA) is 9.23 Å². The number of hydrogen-bond acceptors (Lipinski definition) is 1. The first kappa shape index (κ1) is 19.3. The van der Waals surface area contributed by atoms with Crippen LogP contribution in [0, 0.1) is 0 Å². The molecule has 0 aliphatic rings. The van der Waals surface area contributed by atoms with Crippen LogP contribution < -0.4 is 0 Å². The zero-order chi connectivity index (χ0) is 12.3. The highest BCUT2D eigenvalue weighted by Crippen LogP contribution is 2.14. The van der Waals surface area contributed by atoms with Crippen molar-refractivity contribution in [3.8, 4) is 0 Å². The minimum absolute atomic E-state index is 0. The average molecular weight is 245 g/mol. The van der Waals surface area contributed by atoms with Gasteiger partial charge >= 0.3 is 0 Å². The minimum Gasteiger partial charge on any atom is -0.203 e. The van der Waals surface area contributed by atoms with E-state index in [1.165, 1.54) is 58.2 Å².